The van der Waals surface area contributed by atoms with Crippen molar-refractivity contribution in [3.8, 4) is 11.8 Å². The van der Waals surface area contributed by atoms with E-state index in [0.29, 0.717) is 31.9 Å². The number of hydrogen-bond acceptors (Lipinski definition) is 6. The van der Waals surface area contributed by atoms with Gasteiger partial charge in [0.2, 0.25) is 0 Å². The molecule has 142 valence electrons. The largest absolute Gasteiger partial charge is 0.494 e. The fraction of sp³-hybridized carbons (Fsp3) is 0.350. The van der Waals surface area contributed by atoms with Crippen molar-refractivity contribution in [2.24, 2.45) is 5.73 Å². The normalized spacial score (nSPS) is 19.3. The van der Waals surface area contributed by atoms with E-state index in [2.05, 4.69) is 6.07 Å². The molecule has 0 spiro atoms. The number of anilines is 1. The van der Waals surface area contributed by atoms with E-state index in [1.165, 1.54) is 13.2 Å². The van der Waals surface area contributed by atoms with Gasteiger partial charge in [-0.1, -0.05) is 6.07 Å². The second-order valence-electron chi connectivity index (χ2n) is 6.36. The Morgan fingerprint density at radius 1 is 1.22 bits per heavy atom. The third-order valence-corrected chi connectivity index (χ3v) is 4.31. The number of rotatable bonds is 6. The molecule has 1 aliphatic rings. The summed E-state index contributed by atoms with van der Waals surface area (Å²) < 4.78 is 30.3. The third kappa shape index (κ3) is 4.95. The lowest BCUT2D eigenvalue weighted by Gasteiger charge is -2.33. The molecule has 7 heteroatoms. The van der Waals surface area contributed by atoms with Crippen LogP contribution in [0.5, 0.6) is 5.75 Å². The molecule has 1 saturated heterocycles. The molecule has 0 unspecified atom stereocenters. The van der Waals surface area contributed by atoms with Crippen LogP contribution in [0.4, 0.5) is 10.1 Å². The molecule has 1 heterocycles. The smallest absolute Gasteiger partial charge is 0.175 e. The topological polar surface area (TPSA) is 80.7 Å². The van der Waals surface area contributed by atoms with Crippen LogP contribution in [0.15, 0.2) is 42.5 Å². The fourth-order valence-corrected chi connectivity index (χ4v) is 2.88. The van der Waals surface area contributed by atoms with Gasteiger partial charge in [0.1, 0.15) is 0 Å². The van der Waals surface area contributed by atoms with E-state index in [-0.39, 0.29) is 11.8 Å². The van der Waals surface area contributed by atoms with Crippen LogP contribution >= 0.6 is 0 Å². The van der Waals surface area contributed by atoms with Gasteiger partial charge in [-0.2, -0.15) is 5.26 Å². The van der Waals surface area contributed by atoms with Crippen LogP contribution in [0.25, 0.3) is 0 Å². The second-order valence-corrected chi connectivity index (χ2v) is 6.36. The van der Waals surface area contributed by atoms with Crippen LogP contribution in [0.1, 0.15) is 11.1 Å². The number of nitriles is 1. The summed E-state index contributed by atoms with van der Waals surface area (Å²) in [6.45, 7) is 1.76. The maximum atomic E-state index is 14.1. The van der Waals surface area contributed by atoms with Gasteiger partial charge in [-0.05, 0) is 42.0 Å². The SMILES string of the molecule is COc1ccc(CN(C[C@H]2OC[C@H](N)CO2)c2ccc(C#N)cc2)cc1F. The standard InChI is InChI=1S/C20H22FN3O3/c1-25-19-7-4-15(8-18(19)21)10-24(11-20-26-12-16(23)13-27-20)17-5-2-14(9-22)3-6-17/h2-8,16,20H,10-13,23H2,1H3/t16-,20-. The van der Waals surface area contributed by atoms with Gasteiger partial charge in [0.05, 0.1) is 44.5 Å². The quantitative estimate of drug-likeness (QED) is 0.840. The van der Waals surface area contributed by atoms with Crippen molar-refractivity contribution in [1.29, 1.82) is 5.26 Å². The maximum absolute atomic E-state index is 14.1. The number of nitrogens with zero attached hydrogens (tertiary/aromatic N) is 2. The Kier molecular flexibility index (Phi) is 6.24. The molecule has 2 aromatic carbocycles. The van der Waals surface area contributed by atoms with Crippen molar-refractivity contribution in [2.75, 3.05) is 31.8 Å². The summed E-state index contributed by atoms with van der Waals surface area (Å²) in [7, 11) is 1.43. The zero-order chi connectivity index (χ0) is 19.2. The highest BCUT2D eigenvalue weighted by atomic mass is 19.1. The van der Waals surface area contributed by atoms with E-state index in [4.69, 9.17) is 25.2 Å². The monoisotopic (exact) mass is 371 g/mol. The predicted octanol–water partition coefficient (Wildman–Crippen LogP) is 2.41. The number of nitrogens with two attached hydrogens (primary N) is 1. The summed E-state index contributed by atoms with van der Waals surface area (Å²) in [5, 5.41) is 9.00. The molecular formula is C20H22FN3O3. The second kappa shape index (κ2) is 8.82. The molecule has 0 aliphatic carbocycles. The Bertz CT molecular complexity index is 799. The fourth-order valence-electron chi connectivity index (χ4n) is 2.88. The first-order chi connectivity index (χ1) is 13.1. The molecule has 0 atom stereocenters. The van der Waals surface area contributed by atoms with Crippen molar-refractivity contribution in [2.45, 2.75) is 18.9 Å². The average molecular weight is 371 g/mol. The van der Waals surface area contributed by atoms with Gasteiger partial charge < -0.3 is 24.8 Å². The number of halogens is 1. The van der Waals surface area contributed by atoms with Crippen molar-refractivity contribution in [3.05, 3.63) is 59.4 Å². The lowest BCUT2D eigenvalue weighted by Crippen LogP contribution is -2.45. The number of hydrogen-bond donors (Lipinski definition) is 1. The zero-order valence-corrected chi connectivity index (χ0v) is 15.1. The maximum Gasteiger partial charge on any atom is 0.175 e. The molecule has 0 radical (unpaired) electrons. The van der Waals surface area contributed by atoms with Gasteiger partial charge in [-0.15, -0.1) is 0 Å². The zero-order valence-electron chi connectivity index (χ0n) is 15.1. The van der Waals surface area contributed by atoms with Gasteiger partial charge in [-0.25, -0.2) is 4.39 Å². The highest BCUT2D eigenvalue weighted by Crippen LogP contribution is 2.23. The van der Waals surface area contributed by atoms with Crippen LogP contribution in [-0.4, -0.2) is 39.2 Å². The Labute approximate surface area is 157 Å². The Hall–Kier alpha value is -2.66. The van der Waals surface area contributed by atoms with Crippen LogP contribution in [0, 0.1) is 17.1 Å². The minimum atomic E-state index is -0.427. The number of benzene rings is 2. The Morgan fingerprint density at radius 2 is 1.93 bits per heavy atom. The van der Waals surface area contributed by atoms with E-state index in [0.717, 1.165) is 11.3 Å². The van der Waals surface area contributed by atoms with Crippen LogP contribution < -0.4 is 15.4 Å². The molecule has 27 heavy (non-hydrogen) atoms. The van der Waals surface area contributed by atoms with E-state index in [1.807, 2.05) is 23.1 Å². The molecule has 1 aliphatic heterocycles. The van der Waals surface area contributed by atoms with Crippen LogP contribution in [-0.2, 0) is 16.0 Å². The minimum Gasteiger partial charge on any atom is -0.494 e. The summed E-state index contributed by atoms with van der Waals surface area (Å²) in [6, 6.07) is 14.1. The van der Waals surface area contributed by atoms with E-state index in [9.17, 15) is 4.39 Å². The van der Waals surface area contributed by atoms with Gasteiger partial charge in [0, 0.05) is 12.2 Å². The predicted molar refractivity (Wildman–Crippen MR) is 98.8 cm³/mol. The molecule has 0 amide bonds. The van der Waals surface area contributed by atoms with E-state index < -0.39 is 12.1 Å². The molecule has 0 aromatic heterocycles. The summed E-state index contributed by atoms with van der Waals surface area (Å²) >= 11 is 0. The first kappa shape index (κ1) is 19.1. The molecule has 0 saturated carbocycles. The van der Waals surface area contributed by atoms with Crippen molar-refractivity contribution >= 4 is 5.69 Å². The number of methoxy groups -OCH3 is 1. The molecule has 3 rings (SSSR count). The molecule has 0 bridgehead atoms. The first-order valence-corrected chi connectivity index (χ1v) is 8.65. The van der Waals surface area contributed by atoms with Crippen molar-refractivity contribution in [1.82, 2.24) is 0 Å². The van der Waals surface area contributed by atoms with Gasteiger partial charge in [-0.3, -0.25) is 0 Å². The first-order valence-electron chi connectivity index (χ1n) is 8.65. The average Bonchev–Trinajstić information content (AvgIpc) is 2.69. The van der Waals surface area contributed by atoms with Crippen LogP contribution in [0.2, 0.25) is 0 Å². The number of ether oxygens (including phenoxy) is 3. The summed E-state index contributed by atoms with van der Waals surface area (Å²) in [6.07, 6.45) is -0.427. The lowest BCUT2D eigenvalue weighted by molar-refractivity contribution is -0.179. The summed E-state index contributed by atoms with van der Waals surface area (Å²) in [4.78, 5) is 2.02. The minimum absolute atomic E-state index is 0.125. The van der Waals surface area contributed by atoms with Gasteiger partial charge >= 0.3 is 0 Å². The highest BCUT2D eigenvalue weighted by molar-refractivity contribution is 5.50. The lowest BCUT2D eigenvalue weighted by atomic mass is 10.1. The van der Waals surface area contributed by atoms with E-state index in [1.54, 1.807) is 18.2 Å². The van der Waals surface area contributed by atoms with Crippen molar-refractivity contribution < 1.29 is 18.6 Å². The third-order valence-electron chi connectivity index (χ3n) is 4.31. The van der Waals surface area contributed by atoms with Crippen molar-refractivity contribution in [3.63, 3.8) is 0 Å². The highest BCUT2D eigenvalue weighted by Gasteiger charge is 2.23. The Balaban J connectivity index is 1.80. The van der Waals surface area contributed by atoms with Gasteiger partial charge in [0.25, 0.3) is 0 Å². The van der Waals surface area contributed by atoms with Crippen LogP contribution in [0.3, 0.4) is 0 Å². The summed E-state index contributed by atoms with van der Waals surface area (Å²) in [5.74, 6) is -0.206. The van der Waals surface area contributed by atoms with Gasteiger partial charge in [0.15, 0.2) is 17.9 Å². The molecule has 2 aromatic rings. The molecule has 2 N–H and O–H groups in total. The molecule has 1 fully saturated rings. The summed E-state index contributed by atoms with van der Waals surface area (Å²) in [5.41, 5.74) is 8.03. The molecular weight excluding hydrogens is 349 g/mol. The van der Waals surface area contributed by atoms with E-state index >= 15 is 0 Å². The molecule has 6 nitrogen and oxygen atoms in total. The Morgan fingerprint density at radius 3 is 2.52 bits per heavy atom.